The van der Waals surface area contributed by atoms with E-state index in [9.17, 15) is 16.8 Å². The summed E-state index contributed by atoms with van der Waals surface area (Å²) < 4.78 is 45.8. The van der Waals surface area contributed by atoms with Gasteiger partial charge < -0.3 is 0 Å². The molecular weight excluding hydrogens is 333 g/mol. The minimum Gasteiger partial charge on any atom is -0.285 e. The molecule has 0 aromatic heterocycles. The fraction of sp³-hybridized carbons (Fsp3) is 1.00. The highest BCUT2D eigenvalue weighted by Gasteiger charge is 2.35. The van der Waals surface area contributed by atoms with E-state index in [2.05, 4.69) is 5.32 Å². The SMILES string of the molecule is CCC(NC(CC)S(=O)(=O)C(C)Cl)S(=O)(=O)C(C)Cl. The first-order valence-corrected chi connectivity index (χ1v) is 10.1. The molecule has 0 aromatic rings. The van der Waals surface area contributed by atoms with E-state index in [0.29, 0.717) is 0 Å². The number of alkyl halides is 2. The first kappa shape index (κ1) is 19.4. The molecule has 0 amide bonds. The molecule has 0 heterocycles. The highest BCUT2D eigenvalue weighted by atomic mass is 35.5. The summed E-state index contributed by atoms with van der Waals surface area (Å²) in [4.78, 5) is 0. The quantitative estimate of drug-likeness (QED) is 0.675. The van der Waals surface area contributed by atoms with Crippen molar-refractivity contribution in [3.63, 3.8) is 0 Å². The van der Waals surface area contributed by atoms with E-state index in [1.54, 1.807) is 13.8 Å². The Morgan fingerprint density at radius 1 is 0.842 bits per heavy atom. The Hall–Kier alpha value is 0.440. The van der Waals surface area contributed by atoms with Gasteiger partial charge in [-0.2, -0.15) is 0 Å². The van der Waals surface area contributed by atoms with Gasteiger partial charge in [0.2, 0.25) is 0 Å². The Morgan fingerprint density at radius 3 is 1.26 bits per heavy atom. The minimum absolute atomic E-state index is 0.224. The van der Waals surface area contributed by atoms with Gasteiger partial charge in [0.1, 0.15) is 20.2 Å². The summed E-state index contributed by atoms with van der Waals surface area (Å²) in [6.45, 7) is 6.00. The Balaban J connectivity index is 5.28. The number of hydrogen-bond donors (Lipinski definition) is 1. The molecule has 0 aliphatic carbocycles. The van der Waals surface area contributed by atoms with Gasteiger partial charge in [0, 0.05) is 0 Å². The fourth-order valence-electron chi connectivity index (χ4n) is 1.55. The predicted molar refractivity (Wildman–Crippen MR) is 79.8 cm³/mol. The zero-order valence-corrected chi connectivity index (χ0v) is 14.6. The van der Waals surface area contributed by atoms with Crippen molar-refractivity contribution >= 4 is 42.9 Å². The van der Waals surface area contributed by atoms with Crippen LogP contribution in [0.4, 0.5) is 0 Å². The van der Waals surface area contributed by atoms with Gasteiger partial charge in [-0.05, 0) is 26.7 Å². The molecule has 0 radical (unpaired) electrons. The third-order valence-corrected chi connectivity index (χ3v) is 8.64. The summed E-state index contributed by atoms with van der Waals surface area (Å²) in [5, 5.41) is 0.643. The van der Waals surface area contributed by atoms with Crippen LogP contribution < -0.4 is 5.32 Å². The first-order valence-electron chi connectivity index (χ1n) is 6.01. The van der Waals surface area contributed by atoms with E-state index >= 15 is 0 Å². The van der Waals surface area contributed by atoms with Crippen molar-refractivity contribution in [2.45, 2.75) is 60.7 Å². The molecule has 9 heteroatoms. The van der Waals surface area contributed by atoms with Crippen LogP contribution in [0, 0.1) is 0 Å². The number of rotatable bonds is 8. The van der Waals surface area contributed by atoms with Crippen LogP contribution in [0.15, 0.2) is 0 Å². The van der Waals surface area contributed by atoms with Crippen molar-refractivity contribution in [3.8, 4) is 0 Å². The second kappa shape index (κ2) is 7.45. The molecule has 0 aliphatic heterocycles. The highest BCUT2D eigenvalue weighted by molar-refractivity contribution is 7.94. The standard InChI is InChI=1S/C10H21Cl2NO4S2/c1-5-9(18(14,15)7(3)11)13-10(6-2)19(16,17)8(4)12/h7-10,13H,5-6H2,1-4H3. The van der Waals surface area contributed by atoms with Crippen molar-refractivity contribution in [1.82, 2.24) is 5.32 Å². The van der Waals surface area contributed by atoms with Gasteiger partial charge in [0.15, 0.2) is 19.7 Å². The summed E-state index contributed by atoms with van der Waals surface area (Å²) in [7, 11) is -7.27. The molecule has 116 valence electrons. The lowest BCUT2D eigenvalue weighted by Gasteiger charge is -2.25. The Morgan fingerprint density at radius 2 is 1.11 bits per heavy atom. The minimum atomic E-state index is -3.63. The van der Waals surface area contributed by atoms with E-state index in [-0.39, 0.29) is 12.8 Å². The van der Waals surface area contributed by atoms with Crippen LogP contribution in [-0.4, -0.2) is 37.0 Å². The maximum atomic E-state index is 12.0. The predicted octanol–water partition coefficient (Wildman–Crippen LogP) is 2.05. The molecule has 5 nitrogen and oxygen atoms in total. The molecule has 0 saturated carbocycles. The summed E-state index contributed by atoms with van der Waals surface area (Å²) in [6.07, 6.45) is 0.449. The third-order valence-electron chi connectivity index (χ3n) is 2.81. The molecule has 0 bridgehead atoms. The lowest BCUT2D eigenvalue weighted by molar-refractivity contribution is 0.499. The monoisotopic (exact) mass is 353 g/mol. The van der Waals surface area contributed by atoms with Gasteiger partial charge in [0.05, 0.1) is 0 Å². The number of hydrogen-bond acceptors (Lipinski definition) is 5. The number of nitrogens with one attached hydrogen (secondary N) is 1. The zero-order chi connectivity index (χ0) is 15.4. The average Bonchev–Trinajstić information content (AvgIpc) is 2.29. The largest absolute Gasteiger partial charge is 0.285 e. The average molecular weight is 354 g/mol. The Labute approximate surface area is 125 Å². The smallest absolute Gasteiger partial charge is 0.182 e. The molecule has 0 saturated heterocycles. The highest BCUT2D eigenvalue weighted by Crippen LogP contribution is 2.19. The lowest BCUT2D eigenvalue weighted by atomic mass is 10.4. The molecular formula is C10H21Cl2NO4S2. The third kappa shape index (κ3) is 4.74. The van der Waals surface area contributed by atoms with Crippen LogP contribution in [0.3, 0.4) is 0 Å². The lowest BCUT2D eigenvalue weighted by Crippen LogP contribution is -2.49. The van der Waals surface area contributed by atoms with Crippen LogP contribution in [-0.2, 0) is 19.7 Å². The maximum absolute atomic E-state index is 12.0. The van der Waals surface area contributed by atoms with Crippen LogP contribution >= 0.6 is 23.2 Å². The topological polar surface area (TPSA) is 80.3 Å². The van der Waals surface area contributed by atoms with E-state index < -0.39 is 39.8 Å². The molecule has 0 spiro atoms. The van der Waals surface area contributed by atoms with Crippen LogP contribution in [0.25, 0.3) is 0 Å². The van der Waals surface area contributed by atoms with E-state index in [0.717, 1.165) is 0 Å². The molecule has 0 rings (SSSR count). The summed E-state index contributed by atoms with van der Waals surface area (Å²) in [5.41, 5.74) is 0. The maximum Gasteiger partial charge on any atom is 0.182 e. The van der Waals surface area contributed by atoms with Gasteiger partial charge in [-0.3, -0.25) is 5.32 Å². The summed E-state index contributed by atoms with van der Waals surface area (Å²) in [5.74, 6) is 0. The molecule has 4 atom stereocenters. The van der Waals surface area contributed by atoms with Gasteiger partial charge in [-0.15, -0.1) is 23.2 Å². The van der Waals surface area contributed by atoms with Crippen LogP contribution in [0.2, 0.25) is 0 Å². The first-order chi connectivity index (χ1) is 8.51. The molecule has 0 aliphatic rings. The zero-order valence-electron chi connectivity index (χ0n) is 11.4. The van der Waals surface area contributed by atoms with Crippen molar-refractivity contribution in [2.75, 3.05) is 0 Å². The molecule has 19 heavy (non-hydrogen) atoms. The second-order valence-corrected chi connectivity index (χ2v) is 11.0. The van der Waals surface area contributed by atoms with Gasteiger partial charge in [-0.1, -0.05) is 13.8 Å². The molecule has 4 unspecified atom stereocenters. The van der Waals surface area contributed by atoms with Crippen molar-refractivity contribution < 1.29 is 16.8 Å². The van der Waals surface area contributed by atoms with Gasteiger partial charge >= 0.3 is 0 Å². The van der Waals surface area contributed by atoms with Crippen LogP contribution in [0.5, 0.6) is 0 Å². The molecule has 1 N–H and O–H groups in total. The van der Waals surface area contributed by atoms with E-state index in [4.69, 9.17) is 23.2 Å². The van der Waals surface area contributed by atoms with Gasteiger partial charge in [0.25, 0.3) is 0 Å². The Bertz CT molecular complexity index is 430. The van der Waals surface area contributed by atoms with Crippen molar-refractivity contribution in [1.29, 1.82) is 0 Å². The second-order valence-electron chi connectivity index (χ2n) is 4.22. The van der Waals surface area contributed by atoms with E-state index in [1.165, 1.54) is 13.8 Å². The summed E-state index contributed by atoms with van der Waals surface area (Å²) >= 11 is 11.3. The Kier molecular flexibility index (Phi) is 7.62. The van der Waals surface area contributed by atoms with Gasteiger partial charge in [-0.25, -0.2) is 16.8 Å². The summed E-state index contributed by atoms with van der Waals surface area (Å²) in [6, 6.07) is 0. The number of halogens is 2. The normalized spacial score (nSPS) is 19.7. The van der Waals surface area contributed by atoms with Crippen molar-refractivity contribution in [3.05, 3.63) is 0 Å². The van der Waals surface area contributed by atoms with Crippen LogP contribution in [0.1, 0.15) is 40.5 Å². The fourth-order valence-corrected chi connectivity index (χ4v) is 4.92. The number of sulfone groups is 2. The molecule has 0 aromatic carbocycles. The van der Waals surface area contributed by atoms with Crippen molar-refractivity contribution in [2.24, 2.45) is 0 Å². The van der Waals surface area contributed by atoms with E-state index in [1.807, 2.05) is 0 Å². The molecule has 0 fully saturated rings.